The number of nitrogens with two attached hydrogens (primary N) is 1. The minimum Gasteiger partial charge on any atom is -0.387 e. The molecule has 0 spiro atoms. The summed E-state index contributed by atoms with van der Waals surface area (Å²) in [5.41, 5.74) is 5.36. The molecule has 0 atom stereocenters. The molecule has 0 bridgehead atoms. The zero-order chi connectivity index (χ0) is 12.8. The van der Waals surface area contributed by atoms with Crippen molar-refractivity contribution >= 4 is 5.84 Å². The van der Waals surface area contributed by atoms with Crippen molar-refractivity contribution in [1.29, 1.82) is 5.41 Å². The van der Waals surface area contributed by atoms with Crippen LogP contribution >= 0.6 is 0 Å². The molecule has 0 aromatic heterocycles. The van der Waals surface area contributed by atoms with E-state index in [1.165, 1.54) is 0 Å². The monoisotopic (exact) mass is 229 g/mol. The second-order valence-electron chi connectivity index (χ2n) is 5.17. The third-order valence-electron chi connectivity index (χ3n) is 3.07. The number of amidine groups is 1. The maximum absolute atomic E-state index is 7.52. The first-order chi connectivity index (χ1) is 7.31. The van der Waals surface area contributed by atoms with E-state index >= 15 is 0 Å². The maximum atomic E-state index is 7.52. The van der Waals surface area contributed by atoms with Gasteiger partial charge in [-0.2, -0.15) is 0 Å². The fourth-order valence-electron chi connectivity index (χ4n) is 1.39. The lowest BCUT2D eigenvalue weighted by Gasteiger charge is -2.30. The van der Waals surface area contributed by atoms with Crippen molar-refractivity contribution in [1.82, 2.24) is 4.90 Å². The molecule has 16 heavy (non-hydrogen) atoms. The molecule has 0 fully saturated rings. The van der Waals surface area contributed by atoms with Crippen LogP contribution in [0.15, 0.2) is 0 Å². The number of hydrogen-bond donors (Lipinski definition) is 2. The molecule has 0 amide bonds. The number of ether oxygens (including phenoxy) is 1. The lowest BCUT2D eigenvalue weighted by molar-refractivity contribution is 0.123. The van der Waals surface area contributed by atoms with Gasteiger partial charge >= 0.3 is 0 Å². The third-order valence-corrected chi connectivity index (χ3v) is 3.07. The molecule has 0 radical (unpaired) electrons. The molecule has 0 aliphatic rings. The summed E-state index contributed by atoms with van der Waals surface area (Å²) in [6.45, 7) is 11.0. The highest BCUT2D eigenvalue weighted by molar-refractivity contribution is 5.82. The van der Waals surface area contributed by atoms with Crippen LogP contribution in [-0.4, -0.2) is 43.6 Å². The summed E-state index contributed by atoms with van der Waals surface area (Å²) in [6, 6.07) is 0.498. The minimum atomic E-state index is -0.208. The van der Waals surface area contributed by atoms with Crippen molar-refractivity contribution in [3.63, 3.8) is 0 Å². The first-order valence-corrected chi connectivity index (χ1v) is 5.88. The molecule has 4 nitrogen and oxygen atoms in total. The van der Waals surface area contributed by atoms with Crippen LogP contribution in [0.4, 0.5) is 0 Å². The molecule has 0 aromatic carbocycles. The van der Waals surface area contributed by atoms with Crippen LogP contribution in [0.1, 0.15) is 34.1 Å². The number of hydrogen-bond acceptors (Lipinski definition) is 3. The van der Waals surface area contributed by atoms with Crippen LogP contribution in [0.2, 0.25) is 0 Å². The van der Waals surface area contributed by atoms with Crippen molar-refractivity contribution in [2.75, 3.05) is 26.8 Å². The molecule has 0 aliphatic carbocycles. The largest absolute Gasteiger partial charge is 0.387 e. The number of methoxy groups -OCH3 is 1. The first-order valence-electron chi connectivity index (χ1n) is 5.88. The third kappa shape index (κ3) is 5.47. The molecular formula is C12H27N3O. The Morgan fingerprint density at radius 3 is 2.31 bits per heavy atom. The normalized spacial score (nSPS) is 12.4. The van der Waals surface area contributed by atoms with Crippen LogP contribution in [0.25, 0.3) is 0 Å². The molecule has 3 N–H and O–H groups in total. The number of nitrogens with zero attached hydrogens (tertiary/aromatic N) is 1. The summed E-state index contributed by atoms with van der Waals surface area (Å²) in [6.07, 6.45) is 0.907. The average molecular weight is 229 g/mol. The molecular weight excluding hydrogens is 202 g/mol. The smallest absolute Gasteiger partial charge is 0.0963 e. The Bertz CT molecular complexity index is 214. The summed E-state index contributed by atoms with van der Waals surface area (Å²) in [5, 5.41) is 7.52. The lowest BCUT2D eigenvalue weighted by atomic mass is 9.88. The molecule has 96 valence electrons. The van der Waals surface area contributed by atoms with Gasteiger partial charge in [0.05, 0.1) is 12.4 Å². The van der Waals surface area contributed by atoms with E-state index in [2.05, 4.69) is 18.7 Å². The van der Waals surface area contributed by atoms with Gasteiger partial charge in [0.1, 0.15) is 0 Å². The van der Waals surface area contributed by atoms with Crippen molar-refractivity contribution in [2.24, 2.45) is 11.1 Å². The van der Waals surface area contributed by atoms with Crippen LogP contribution in [0.3, 0.4) is 0 Å². The van der Waals surface area contributed by atoms with E-state index in [0.29, 0.717) is 6.04 Å². The molecule has 0 rings (SSSR count). The molecule has 0 saturated carbocycles. The average Bonchev–Trinajstić information content (AvgIpc) is 2.16. The van der Waals surface area contributed by atoms with E-state index in [1.54, 1.807) is 7.11 Å². The Morgan fingerprint density at radius 2 is 1.94 bits per heavy atom. The van der Waals surface area contributed by atoms with Crippen LogP contribution in [-0.2, 0) is 4.74 Å². The second kappa shape index (κ2) is 6.86. The highest BCUT2D eigenvalue weighted by Gasteiger charge is 2.23. The van der Waals surface area contributed by atoms with Crippen molar-refractivity contribution in [3.05, 3.63) is 0 Å². The van der Waals surface area contributed by atoms with Gasteiger partial charge in [-0.3, -0.25) is 10.3 Å². The summed E-state index contributed by atoms with van der Waals surface area (Å²) >= 11 is 0. The Hall–Kier alpha value is -0.610. The summed E-state index contributed by atoms with van der Waals surface area (Å²) in [4.78, 5) is 2.36. The van der Waals surface area contributed by atoms with Gasteiger partial charge in [0.25, 0.3) is 0 Å². The van der Waals surface area contributed by atoms with E-state index in [-0.39, 0.29) is 11.3 Å². The summed E-state index contributed by atoms with van der Waals surface area (Å²) < 4.78 is 5.09. The highest BCUT2D eigenvalue weighted by Crippen LogP contribution is 2.20. The van der Waals surface area contributed by atoms with E-state index in [4.69, 9.17) is 15.9 Å². The summed E-state index contributed by atoms with van der Waals surface area (Å²) in [5.74, 6) is 0.267. The fourth-order valence-corrected chi connectivity index (χ4v) is 1.39. The number of nitrogens with one attached hydrogen (secondary N) is 1. The zero-order valence-corrected chi connectivity index (χ0v) is 11.3. The number of rotatable bonds is 8. The van der Waals surface area contributed by atoms with Gasteiger partial charge in [-0.25, -0.2) is 0 Å². The van der Waals surface area contributed by atoms with Gasteiger partial charge in [0, 0.05) is 25.1 Å². The molecule has 0 heterocycles. The molecule has 0 saturated heterocycles. The Morgan fingerprint density at radius 1 is 1.38 bits per heavy atom. The molecule has 4 heteroatoms. The van der Waals surface area contributed by atoms with Gasteiger partial charge in [-0.05, 0) is 26.8 Å². The van der Waals surface area contributed by atoms with Gasteiger partial charge in [-0.1, -0.05) is 13.8 Å². The van der Waals surface area contributed by atoms with Crippen LogP contribution in [0.5, 0.6) is 0 Å². The SMILES string of the molecule is COCCN(CCC(C)(C)C(=N)N)C(C)C. The first kappa shape index (κ1) is 15.4. The molecule has 0 aliphatic heterocycles. The predicted molar refractivity (Wildman–Crippen MR) is 68.9 cm³/mol. The van der Waals surface area contributed by atoms with Crippen molar-refractivity contribution in [3.8, 4) is 0 Å². The zero-order valence-electron chi connectivity index (χ0n) is 11.3. The second-order valence-corrected chi connectivity index (χ2v) is 5.17. The quantitative estimate of drug-likeness (QED) is 0.492. The molecule has 0 unspecified atom stereocenters. The Kier molecular flexibility index (Phi) is 6.60. The van der Waals surface area contributed by atoms with E-state index in [1.807, 2.05) is 13.8 Å². The van der Waals surface area contributed by atoms with Crippen LogP contribution < -0.4 is 5.73 Å². The van der Waals surface area contributed by atoms with Crippen LogP contribution in [0, 0.1) is 10.8 Å². The minimum absolute atomic E-state index is 0.208. The summed E-state index contributed by atoms with van der Waals surface area (Å²) in [7, 11) is 1.72. The van der Waals surface area contributed by atoms with Gasteiger partial charge in [0.2, 0.25) is 0 Å². The Labute approximate surface area is 99.7 Å². The highest BCUT2D eigenvalue weighted by atomic mass is 16.5. The fraction of sp³-hybridized carbons (Fsp3) is 0.917. The van der Waals surface area contributed by atoms with E-state index < -0.39 is 0 Å². The Balaban J connectivity index is 4.16. The van der Waals surface area contributed by atoms with Gasteiger partial charge < -0.3 is 10.5 Å². The lowest BCUT2D eigenvalue weighted by Crippen LogP contribution is -2.39. The van der Waals surface area contributed by atoms with E-state index in [0.717, 1.165) is 26.1 Å². The van der Waals surface area contributed by atoms with Crippen molar-refractivity contribution < 1.29 is 4.74 Å². The van der Waals surface area contributed by atoms with Gasteiger partial charge in [0.15, 0.2) is 0 Å². The maximum Gasteiger partial charge on any atom is 0.0963 e. The topological polar surface area (TPSA) is 62.3 Å². The predicted octanol–water partition coefficient (Wildman–Crippen LogP) is 1.70. The van der Waals surface area contributed by atoms with E-state index in [9.17, 15) is 0 Å². The standard InChI is InChI=1S/C12H27N3O/c1-10(2)15(8-9-16-5)7-6-12(3,4)11(13)14/h10H,6-9H2,1-5H3,(H3,13,14). The molecule has 0 aromatic rings. The van der Waals surface area contributed by atoms with Crippen molar-refractivity contribution in [2.45, 2.75) is 40.2 Å². The van der Waals surface area contributed by atoms with Gasteiger partial charge in [-0.15, -0.1) is 0 Å².